The first kappa shape index (κ1) is 16.7. The van der Waals surface area contributed by atoms with Crippen LogP contribution in [0.2, 0.25) is 0 Å². The maximum absolute atomic E-state index is 12.3. The third-order valence-corrected chi connectivity index (χ3v) is 3.77. The van der Waals surface area contributed by atoms with Gasteiger partial charge in [-0.2, -0.15) is 0 Å². The molecule has 0 radical (unpaired) electrons. The lowest BCUT2D eigenvalue weighted by Crippen LogP contribution is -2.34. The number of carbonyl (C=O) groups excluding carboxylic acids is 1. The Balaban J connectivity index is 2.71. The number of rotatable bonds is 7. The molecule has 0 aliphatic heterocycles. The fourth-order valence-electron chi connectivity index (χ4n) is 2.57. The van der Waals surface area contributed by atoms with Crippen LogP contribution in [0.1, 0.15) is 43.6 Å². The van der Waals surface area contributed by atoms with Gasteiger partial charge in [0.15, 0.2) is 0 Å². The van der Waals surface area contributed by atoms with Crippen LogP contribution in [0, 0.1) is 17.8 Å². The van der Waals surface area contributed by atoms with E-state index >= 15 is 0 Å². The van der Waals surface area contributed by atoms with E-state index in [0.29, 0.717) is 29.9 Å². The molecule has 1 N–H and O–H groups in total. The zero-order valence-corrected chi connectivity index (χ0v) is 13.3. The summed E-state index contributed by atoms with van der Waals surface area (Å²) in [5.74, 6) is 1.60. The first-order valence-corrected chi connectivity index (χ1v) is 7.32. The maximum Gasteiger partial charge on any atom is 0.251 e. The largest absolute Gasteiger partial charge is 0.380 e. The van der Waals surface area contributed by atoms with E-state index in [1.807, 2.05) is 24.3 Å². The van der Waals surface area contributed by atoms with E-state index in [2.05, 4.69) is 33.0 Å². The SMILES string of the molecule is COCc1ccccc1C(=O)NCC(C(C)C)C(C)C. The van der Waals surface area contributed by atoms with Gasteiger partial charge in [0.05, 0.1) is 6.61 Å². The van der Waals surface area contributed by atoms with Crippen LogP contribution >= 0.6 is 0 Å². The third kappa shape index (κ3) is 4.64. The molecule has 0 aliphatic rings. The average molecular weight is 277 g/mol. The Morgan fingerprint density at radius 3 is 2.30 bits per heavy atom. The second-order valence-corrected chi connectivity index (χ2v) is 5.95. The molecule has 0 unspecified atom stereocenters. The Bertz CT molecular complexity index is 419. The first-order valence-electron chi connectivity index (χ1n) is 7.32. The molecule has 20 heavy (non-hydrogen) atoms. The molecule has 3 nitrogen and oxygen atoms in total. The Labute approximate surface area is 122 Å². The Morgan fingerprint density at radius 1 is 1.15 bits per heavy atom. The molecule has 0 fully saturated rings. The van der Waals surface area contributed by atoms with E-state index in [9.17, 15) is 4.79 Å². The molecule has 112 valence electrons. The molecule has 1 aromatic carbocycles. The topological polar surface area (TPSA) is 38.3 Å². The van der Waals surface area contributed by atoms with Crippen molar-refractivity contribution in [2.75, 3.05) is 13.7 Å². The maximum atomic E-state index is 12.3. The highest BCUT2D eigenvalue weighted by atomic mass is 16.5. The molecular formula is C17H27NO2. The average Bonchev–Trinajstić information content (AvgIpc) is 2.39. The molecule has 0 atom stereocenters. The van der Waals surface area contributed by atoms with Crippen LogP contribution in [-0.2, 0) is 11.3 Å². The van der Waals surface area contributed by atoms with E-state index < -0.39 is 0 Å². The minimum absolute atomic E-state index is 0.0102. The van der Waals surface area contributed by atoms with Gasteiger partial charge in [-0.3, -0.25) is 4.79 Å². The standard InChI is InChI=1S/C17H27NO2/c1-12(2)16(13(3)4)10-18-17(19)15-9-7-6-8-14(15)11-20-5/h6-9,12-13,16H,10-11H2,1-5H3,(H,18,19). The molecule has 0 aromatic heterocycles. The van der Waals surface area contributed by atoms with Gasteiger partial charge in [-0.05, 0) is 29.4 Å². The van der Waals surface area contributed by atoms with Gasteiger partial charge in [0, 0.05) is 19.2 Å². The van der Waals surface area contributed by atoms with Crippen molar-refractivity contribution in [3.8, 4) is 0 Å². The molecule has 0 aliphatic carbocycles. The van der Waals surface area contributed by atoms with Crippen molar-refractivity contribution in [1.82, 2.24) is 5.32 Å². The van der Waals surface area contributed by atoms with E-state index in [1.54, 1.807) is 7.11 Å². The Hall–Kier alpha value is -1.35. The number of benzene rings is 1. The lowest BCUT2D eigenvalue weighted by molar-refractivity contribution is 0.0932. The van der Waals surface area contributed by atoms with E-state index in [1.165, 1.54) is 0 Å². The summed E-state index contributed by atoms with van der Waals surface area (Å²) in [6, 6.07) is 7.59. The zero-order chi connectivity index (χ0) is 15.1. The number of amides is 1. The number of nitrogens with one attached hydrogen (secondary N) is 1. The molecule has 3 heteroatoms. The minimum Gasteiger partial charge on any atom is -0.380 e. The van der Waals surface area contributed by atoms with Crippen LogP contribution in [0.4, 0.5) is 0 Å². The van der Waals surface area contributed by atoms with Crippen LogP contribution in [0.25, 0.3) is 0 Å². The monoisotopic (exact) mass is 277 g/mol. The predicted octanol–water partition coefficient (Wildman–Crippen LogP) is 3.49. The molecule has 1 amide bonds. The highest BCUT2D eigenvalue weighted by Crippen LogP contribution is 2.19. The van der Waals surface area contributed by atoms with E-state index in [4.69, 9.17) is 4.74 Å². The van der Waals surface area contributed by atoms with Gasteiger partial charge in [0.1, 0.15) is 0 Å². The third-order valence-electron chi connectivity index (χ3n) is 3.77. The van der Waals surface area contributed by atoms with Gasteiger partial charge in [-0.25, -0.2) is 0 Å². The van der Waals surface area contributed by atoms with E-state index in [-0.39, 0.29) is 5.91 Å². The number of carbonyl (C=O) groups is 1. The normalized spacial score (nSPS) is 11.4. The van der Waals surface area contributed by atoms with Gasteiger partial charge in [-0.1, -0.05) is 45.9 Å². The molecule has 0 spiro atoms. The summed E-state index contributed by atoms with van der Waals surface area (Å²) in [6.07, 6.45) is 0. The molecule has 1 rings (SSSR count). The van der Waals surface area contributed by atoms with Crippen LogP contribution in [0.3, 0.4) is 0 Å². The molecule has 0 bridgehead atoms. The van der Waals surface area contributed by atoms with Crippen molar-refractivity contribution in [3.63, 3.8) is 0 Å². The summed E-state index contributed by atoms with van der Waals surface area (Å²) >= 11 is 0. The van der Waals surface area contributed by atoms with Crippen LogP contribution in [0.15, 0.2) is 24.3 Å². The van der Waals surface area contributed by atoms with Gasteiger partial charge < -0.3 is 10.1 Å². The fraction of sp³-hybridized carbons (Fsp3) is 0.588. The van der Waals surface area contributed by atoms with Gasteiger partial charge >= 0.3 is 0 Å². The number of methoxy groups -OCH3 is 1. The molecular weight excluding hydrogens is 250 g/mol. The zero-order valence-electron chi connectivity index (χ0n) is 13.3. The van der Waals surface area contributed by atoms with Gasteiger partial charge in [0.2, 0.25) is 0 Å². The summed E-state index contributed by atoms with van der Waals surface area (Å²) in [5.41, 5.74) is 1.64. The summed E-state index contributed by atoms with van der Waals surface area (Å²) in [4.78, 5) is 12.3. The number of hydrogen-bond donors (Lipinski definition) is 1. The van der Waals surface area contributed by atoms with Crippen molar-refractivity contribution in [3.05, 3.63) is 35.4 Å². The van der Waals surface area contributed by atoms with Crippen molar-refractivity contribution in [2.45, 2.75) is 34.3 Å². The van der Waals surface area contributed by atoms with Crippen molar-refractivity contribution in [2.24, 2.45) is 17.8 Å². The van der Waals surface area contributed by atoms with Crippen molar-refractivity contribution >= 4 is 5.91 Å². The molecule has 0 heterocycles. The highest BCUT2D eigenvalue weighted by Gasteiger charge is 2.19. The molecule has 0 saturated carbocycles. The molecule has 1 aromatic rings. The summed E-state index contributed by atoms with van der Waals surface area (Å²) in [7, 11) is 1.64. The summed E-state index contributed by atoms with van der Waals surface area (Å²) in [5, 5.41) is 3.07. The second-order valence-electron chi connectivity index (χ2n) is 5.95. The Kier molecular flexibility index (Phi) is 6.73. The predicted molar refractivity (Wildman–Crippen MR) is 82.7 cm³/mol. The van der Waals surface area contributed by atoms with Gasteiger partial charge in [-0.15, -0.1) is 0 Å². The van der Waals surface area contributed by atoms with Crippen molar-refractivity contribution < 1.29 is 9.53 Å². The lowest BCUT2D eigenvalue weighted by atomic mass is 9.85. The molecule has 0 saturated heterocycles. The van der Waals surface area contributed by atoms with Crippen LogP contribution in [0.5, 0.6) is 0 Å². The highest BCUT2D eigenvalue weighted by molar-refractivity contribution is 5.95. The Morgan fingerprint density at radius 2 is 1.75 bits per heavy atom. The number of hydrogen-bond acceptors (Lipinski definition) is 2. The smallest absolute Gasteiger partial charge is 0.251 e. The second kappa shape index (κ2) is 8.05. The lowest BCUT2D eigenvalue weighted by Gasteiger charge is -2.25. The van der Waals surface area contributed by atoms with Crippen LogP contribution < -0.4 is 5.32 Å². The van der Waals surface area contributed by atoms with Crippen LogP contribution in [-0.4, -0.2) is 19.6 Å². The first-order chi connectivity index (χ1) is 9.47. The minimum atomic E-state index is -0.0102. The van der Waals surface area contributed by atoms with Crippen molar-refractivity contribution in [1.29, 1.82) is 0 Å². The van der Waals surface area contributed by atoms with Gasteiger partial charge in [0.25, 0.3) is 5.91 Å². The number of ether oxygens (including phenoxy) is 1. The fourth-order valence-corrected chi connectivity index (χ4v) is 2.57. The summed E-state index contributed by atoms with van der Waals surface area (Å²) in [6.45, 7) is 9.99. The summed E-state index contributed by atoms with van der Waals surface area (Å²) < 4.78 is 5.14. The van der Waals surface area contributed by atoms with E-state index in [0.717, 1.165) is 12.1 Å². The quantitative estimate of drug-likeness (QED) is 0.828.